The maximum absolute atomic E-state index is 13.8. The summed E-state index contributed by atoms with van der Waals surface area (Å²) >= 11 is 5.80. The molecule has 1 heterocycles. The molecule has 1 N–H and O–H groups in total. The first-order valence-corrected chi connectivity index (χ1v) is 7.77. The molecule has 20 heavy (non-hydrogen) atoms. The van der Waals surface area contributed by atoms with Crippen LogP contribution in [-0.4, -0.2) is 30.6 Å². The van der Waals surface area contributed by atoms with Crippen LogP contribution < -0.4 is 5.32 Å². The second-order valence-electron chi connectivity index (χ2n) is 6.17. The van der Waals surface area contributed by atoms with Gasteiger partial charge in [0.25, 0.3) is 0 Å². The Morgan fingerprint density at radius 3 is 2.80 bits per heavy atom. The first-order chi connectivity index (χ1) is 9.47. The van der Waals surface area contributed by atoms with Crippen LogP contribution in [0.15, 0.2) is 18.2 Å². The highest BCUT2D eigenvalue weighted by atomic mass is 35.5. The molecule has 0 saturated carbocycles. The molecule has 0 bridgehead atoms. The monoisotopic (exact) mass is 298 g/mol. The topological polar surface area (TPSA) is 15.3 Å². The molecular weight excluding hydrogens is 275 g/mol. The van der Waals surface area contributed by atoms with Crippen LogP contribution in [0.5, 0.6) is 0 Å². The molecule has 2 atom stereocenters. The maximum atomic E-state index is 13.8. The van der Waals surface area contributed by atoms with Crippen molar-refractivity contribution in [2.45, 2.75) is 39.3 Å². The van der Waals surface area contributed by atoms with Crippen LogP contribution in [0, 0.1) is 11.7 Å². The summed E-state index contributed by atoms with van der Waals surface area (Å²) in [5.74, 6) is 0.255. The number of nitrogens with zero attached hydrogens (tertiary/aromatic N) is 1. The van der Waals surface area contributed by atoms with E-state index in [1.54, 1.807) is 12.1 Å². The lowest BCUT2D eigenvalue weighted by Gasteiger charge is -2.39. The van der Waals surface area contributed by atoms with Gasteiger partial charge in [-0.25, -0.2) is 4.39 Å². The Balaban J connectivity index is 2.23. The molecular formula is C16H24ClFN2. The Bertz CT molecular complexity index is 450. The number of nitrogens with one attached hydrogen (secondary N) is 1. The zero-order valence-corrected chi connectivity index (χ0v) is 13.3. The number of benzene rings is 1. The number of halogens is 2. The molecule has 1 fully saturated rings. The zero-order chi connectivity index (χ0) is 14.7. The van der Waals surface area contributed by atoms with Crippen LogP contribution in [-0.2, 0) is 0 Å². The summed E-state index contributed by atoms with van der Waals surface area (Å²) in [5, 5.41) is 3.65. The number of hydrogen-bond donors (Lipinski definition) is 1. The fourth-order valence-corrected chi connectivity index (χ4v) is 3.02. The Hall–Kier alpha value is -0.640. The molecule has 112 valence electrons. The van der Waals surface area contributed by atoms with E-state index < -0.39 is 0 Å². The summed E-state index contributed by atoms with van der Waals surface area (Å²) in [5.41, 5.74) is 1.04. The third kappa shape index (κ3) is 3.94. The minimum absolute atomic E-state index is 0.200. The molecule has 1 aliphatic heterocycles. The van der Waals surface area contributed by atoms with E-state index in [0.717, 1.165) is 31.6 Å². The van der Waals surface area contributed by atoms with E-state index in [9.17, 15) is 4.39 Å². The van der Waals surface area contributed by atoms with E-state index in [4.69, 9.17) is 11.6 Å². The van der Waals surface area contributed by atoms with Gasteiger partial charge in [0, 0.05) is 31.7 Å². The van der Waals surface area contributed by atoms with Crippen molar-refractivity contribution >= 4 is 11.6 Å². The van der Waals surface area contributed by atoms with Crippen LogP contribution in [0.3, 0.4) is 0 Å². The highest BCUT2D eigenvalue weighted by molar-refractivity contribution is 6.30. The summed E-state index contributed by atoms with van der Waals surface area (Å²) in [4.78, 5) is 2.46. The van der Waals surface area contributed by atoms with E-state index in [-0.39, 0.29) is 16.9 Å². The third-order valence-electron chi connectivity index (χ3n) is 3.86. The van der Waals surface area contributed by atoms with Crippen LogP contribution in [0.25, 0.3) is 0 Å². The molecule has 1 aromatic rings. The van der Waals surface area contributed by atoms with Gasteiger partial charge >= 0.3 is 0 Å². The van der Waals surface area contributed by atoms with Crippen LogP contribution in [0.2, 0.25) is 5.02 Å². The minimum Gasteiger partial charge on any atom is -0.312 e. The van der Waals surface area contributed by atoms with Gasteiger partial charge in [0.1, 0.15) is 5.82 Å². The van der Waals surface area contributed by atoms with Crippen molar-refractivity contribution in [2.24, 2.45) is 5.92 Å². The molecule has 2 nitrogen and oxygen atoms in total. The zero-order valence-electron chi connectivity index (χ0n) is 12.5. The molecule has 1 aromatic carbocycles. The summed E-state index contributed by atoms with van der Waals surface area (Å²) in [7, 11) is 0. The summed E-state index contributed by atoms with van der Waals surface area (Å²) < 4.78 is 13.8. The third-order valence-corrected chi connectivity index (χ3v) is 4.17. The second-order valence-corrected chi connectivity index (χ2v) is 6.58. The van der Waals surface area contributed by atoms with E-state index >= 15 is 0 Å². The van der Waals surface area contributed by atoms with Crippen molar-refractivity contribution in [3.05, 3.63) is 34.6 Å². The van der Waals surface area contributed by atoms with Crippen LogP contribution >= 0.6 is 11.6 Å². The van der Waals surface area contributed by atoms with Gasteiger partial charge in [-0.3, -0.25) is 4.90 Å². The van der Waals surface area contributed by atoms with Crippen molar-refractivity contribution in [2.75, 3.05) is 19.6 Å². The standard InChI is InChI=1S/C16H24ClFN2/c1-11(2)8-16(20-7-6-19-12(3)10-20)13-4-5-14(17)15(18)9-13/h4-5,9,11-12,16,19H,6-8,10H2,1-3H3. The number of hydrogen-bond acceptors (Lipinski definition) is 2. The number of rotatable bonds is 4. The molecule has 1 saturated heterocycles. The van der Waals surface area contributed by atoms with Crippen molar-refractivity contribution in [3.8, 4) is 0 Å². The molecule has 4 heteroatoms. The molecule has 0 aliphatic carbocycles. The SMILES string of the molecule is CC(C)CC(c1ccc(Cl)c(F)c1)N1CCNC(C)C1. The van der Waals surface area contributed by atoms with Crippen molar-refractivity contribution in [1.29, 1.82) is 0 Å². The predicted octanol–water partition coefficient (Wildman–Crippen LogP) is 3.86. The lowest BCUT2D eigenvalue weighted by atomic mass is 9.94. The number of piperazine rings is 1. The Morgan fingerprint density at radius 1 is 1.45 bits per heavy atom. The van der Waals surface area contributed by atoms with Gasteiger partial charge in [-0.05, 0) is 37.0 Å². The molecule has 0 radical (unpaired) electrons. The largest absolute Gasteiger partial charge is 0.312 e. The Morgan fingerprint density at radius 2 is 2.20 bits per heavy atom. The normalized spacial score (nSPS) is 22.2. The average Bonchev–Trinajstić information content (AvgIpc) is 2.39. The highest BCUT2D eigenvalue weighted by Gasteiger charge is 2.26. The fraction of sp³-hybridized carbons (Fsp3) is 0.625. The maximum Gasteiger partial charge on any atom is 0.142 e. The molecule has 2 unspecified atom stereocenters. The molecule has 2 rings (SSSR count). The van der Waals surface area contributed by atoms with Gasteiger partial charge in [-0.2, -0.15) is 0 Å². The molecule has 0 amide bonds. The lowest BCUT2D eigenvalue weighted by molar-refractivity contribution is 0.132. The van der Waals surface area contributed by atoms with E-state index in [2.05, 4.69) is 31.0 Å². The minimum atomic E-state index is -0.318. The van der Waals surface area contributed by atoms with Crippen molar-refractivity contribution in [3.63, 3.8) is 0 Å². The van der Waals surface area contributed by atoms with Gasteiger partial charge in [-0.15, -0.1) is 0 Å². The second kappa shape index (κ2) is 6.88. The van der Waals surface area contributed by atoms with Gasteiger partial charge in [0.2, 0.25) is 0 Å². The Kier molecular flexibility index (Phi) is 5.42. The smallest absolute Gasteiger partial charge is 0.142 e. The van der Waals surface area contributed by atoms with Crippen LogP contribution in [0.1, 0.15) is 38.8 Å². The first kappa shape index (κ1) is 15.7. The van der Waals surface area contributed by atoms with Gasteiger partial charge < -0.3 is 5.32 Å². The Labute approximate surface area is 126 Å². The van der Waals surface area contributed by atoms with Gasteiger partial charge in [0.05, 0.1) is 5.02 Å². The fourth-order valence-electron chi connectivity index (χ4n) is 2.91. The first-order valence-electron chi connectivity index (χ1n) is 7.39. The summed E-state index contributed by atoms with van der Waals surface area (Å²) in [6.07, 6.45) is 1.04. The van der Waals surface area contributed by atoms with Crippen molar-refractivity contribution < 1.29 is 4.39 Å². The summed E-state index contributed by atoms with van der Waals surface area (Å²) in [6, 6.07) is 5.99. The molecule has 1 aliphatic rings. The highest BCUT2D eigenvalue weighted by Crippen LogP contribution is 2.30. The van der Waals surface area contributed by atoms with E-state index in [0.29, 0.717) is 12.0 Å². The van der Waals surface area contributed by atoms with Gasteiger partial charge in [0.15, 0.2) is 0 Å². The van der Waals surface area contributed by atoms with Gasteiger partial charge in [-0.1, -0.05) is 31.5 Å². The molecule has 0 spiro atoms. The van der Waals surface area contributed by atoms with E-state index in [1.165, 1.54) is 0 Å². The average molecular weight is 299 g/mol. The van der Waals surface area contributed by atoms with Crippen LogP contribution in [0.4, 0.5) is 4.39 Å². The summed E-state index contributed by atoms with van der Waals surface area (Å²) in [6.45, 7) is 9.62. The predicted molar refractivity (Wildman–Crippen MR) is 82.6 cm³/mol. The van der Waals surface area contributed by atoms with E-state index in [1.807, 2.05) is 6.07 Å². The quantitative estimate of drug-likeness (QED) is 0.908. The van der Waals surface area contributed by atoms with Crippen molar-refractivity contribution in [1.82, 2.24) is 10.2 Å². The lowest BCUT2D eigenvalue weighted by Crippen LogP contribution is -2.50. The molecule has 0 aromatic heterocycles.